The van der Waals surface area contributed by atoms with E-state index in [1.807, 2.05) is 0 Å². The molecule has 0 N–H and O–H groups in total. The van der Waals surface area contributed by atoms with Gasteiger partial charge in [0.25, 0.3) is 0 Å². The van der Waals surface area contributed by atoms with Crippen molar-refractivity contribution in [3.63, 3.8) is 0 Å². The molecule has 0 radical (unpaired) electrons. The van der Waals surface area contributed by atoms with E-state index < -0.39 is 15.5 Å². The Morgan fingerprint density at radius 1 is 1.28 bits per heavy atom. The molecule has 0 aromatic carbocycles. The average Bonchev–Trinajstić information content (AvgIpc) is 2.22. The van der Waals surface area contributed by atoms with Gasteiger partial charge in [0.15, 0.2) is 0 Å². The molecular weight excluding hydrogens is 357 g/mol. The Bertz CT molecular complexity index is 400. The molecule has 4 aliphatic carbocycles. The van der Waals surface area contributed by atoms with Gasteiger partial charge in [-0.15, -0.1) is 0 Å². The van der Waals surface area contributed by atoms with Crippen LogP contribution in [0.1, 0.15) is 32.1 Å². The Balaban J connectivity index is 1.81. The van der Waals surface area contributed by atoms with Gasteiger partial charge in [0.2, 0.25) is 0 Å². The van der Waals surface area contributed by atoms with Crippen LogP contribution >= 0.6 is 22.6 Å². The highest BCUT2D eigenvalue weighted by Gasteiger charge is 2.58. The van der Waals surface area contributed by atoms with Gasteiger partial charge in [-0.05, 0) is 38.0 Å². The maximum Gasteiger partial charge on any atom is 0.390 e. The third kappa shape index (κ3) is 1.96. The molecule has 3 nitrogen and oxygen atoms in total. The minimum absolute atomic E-state index is 0.0770. The highest BCUT2D eigenvalue weighted by molar-refractivity contribution is 14.1. The van der Waals surface area contributed by atoms with E-state index >= 15 is 0 Å². The van der Waals surface area contributed by atoms with Crippen LogP contribution in [0.5, 0.6) is 0 Å². The van der Waals surface area contributed by atoms with Crippen LogP contribution < -0.4 is 0 Å². The molecule has 18 heavy (non-hydrogen) atoms. The molecule has 0 saturated heterocycles. The van der Waals surface area contributed by atoms with E-state index in [9.17, 15) is 18.4 Å². The first kappa shape index (κ1) is 12.7. The lowest BCUT2D eigenvalue weighted by Gasteiger charge is -2.54. The number of esters is 1. The normalized spacial score (nSPS) is 42.2. The Morgan fingerprint density at radius 2 is 1.83 bits per heavy atom. The lowest BCUT2D eigenvalue weighted by Crippen LogP contribution is -2.57. The summed E-state index contributed by atoms with van der Waals surface area (Å²) in [7, 11) is 0. The molecule has 0 spiro atoms. The number of carbonyl (C=O) groups excluding carboxylic acids is 2. The fourth-order valence-corrected chi connectivity index (χ4v) is 4.16. The summed E-state index contributed by atoms with van der Waals surface area (Å²) in [4.78, 5) is 23.3. The third-order valence-corrected chi connectivity index (χ3v) is 4.92. The van der Waals surface area contributed by atoms with Crippen LogP contribution in [0.4, 0.5) is 8.78 Å². The predicted octanol–water partition coefficient (Wildman–Crippen LogP) is 2.71. The number of hydrogen-bond acceptors (Lipinski definition) is 3. The zero-order valence-corrected chi connectivity index (χ0v) is 11.8. The number of halogens is 3. The first-order valence-electron chi connectivity index (χ1n) is 6.13. The van der Waals surface area contributed by atoms with Crippen LogP contribution in [-0.4, -0.2) is 21.3 Å². The SMILES string of the molecule is O=C1C2CC3CC1CC(OC(=O)C(F)(F)I)(C3)C2. The van der Waals surface area contributed by atoms with Gasteiger partial charge in [0.05, 0.1) is 0 Å². The molecule has 0 aromatic heterocycles. The van der Waals surface area contributed by atoms with Gasteiger partial charge < -0.3 is 4.74 Å². The van der Waals surface area contributed by atoms with Crippen molar-refractivity contribution in [3.8, 4) is 0 Å². The Labute approximate surface area is 117 Å². The van der Waals surface area contributed by atoms with Crippen LogP contribution in [0.3, 0.4) is 0 Å². The standard InChI is InChI=1S/C12H13F2IO3/c13-12(14,15)10(17)18-11-3-6-1-7(4-11)9(16)8(2-6)5-11/h6-8H,1-5H2. The number of rotatable bonds is 2. The summed E-state index contributed by atoms with van der Waals surface area (Å²) in [5, 5.41) is 0. The minimum Gasteiger partial charge on any atom is -0.454 e. The molecule has 0 amide bonds. The number of hydrogen-bond donors (Lipinski definition) is 0. The van der Waals surface area contributed by atoms with Crippen LogP contribution in [0.15, 0.2) is 0 Å². The molecule has 2 atom stereocenters. The van der Waals surface area contributed by atoms with E-state index in [0.717, 1.165) is 35.4 Å². The monoisotopic (exact) mass is 370 g/mol. The summed E-state index contributed by atoms with van der Waals surface area (Å²) >= 11 is 0.791. The van der Waals surface area contributed by atoms with E-state index in [4.69, 9.17) is 4.74 Å². The quantitative estimate of drug-likeness (QED) is 0.427. The van der Waals surface area contributed by atoms with E-state index in [-0.39, 0.29) is 17.6 Å². The second-order valence-electron chi connectivity index (χ2n) is 5.82. The van der Waals surface area contributed by atoms with Crippen molar-refractivity contribution >= 4 is 34.3 Å². The molecule has 4 rings (SSSR count). The second kappa shape index (κ2) is 3.86. The molecule has 0 aliphatic heterocycles. The number of Topliss-reactive ketones (excluding diaryl/α,β-unsaturated/α-hetero) is 1. The van der Waals surface area contributed by atoms with Crippen molar-refractivity contribution in [3.05, 3.63) is 0 Å². The zero-order chi connectivity index (χ0) is 13.1. The smallest absolute Gasteiger partial charge is 0.390 e. The molecule has 4 fully saturated rings. The number of ketones is 1. The molecule has 0 heterocycles. The predicted molar refractivity (Wildman–Crippen MR) is 66.4 cm³/mol. The van der Waals surface area contributed by atoms with Gasteiger partial charge in [-0.2, -0.15) is 8.78 Å². The van der Waals surface area contributed by atoms with Gasteiger partial charge in [0.1, 0.15) is 11.4 Å². The van der Waals surface area contributed by atoms with Crippen LogP contribution in [0.2, 0.25) is 0 Å². The topological polar surface area (TPSA) is 43.4 Å². The van der Waals surface area contributed by atoms with E-state index in [2.05, 4.69) is 0 Å². The van der Waals surface area contributed by atoms with Gasteiger partial charge in [-0.1, -0.05) is 0 Å². The molecule has 4 bridgehead atoms. The summed E-state index contributed by atoms with van der Waals surface area (Å²) in [6.45, 7) is 0. The maximum atomic E-state index is 12.9. The van der Waals surface area contributed by atoms with Crippen molar-refractivity contribution in [2.75, 3.05) is 0 Å². The lowest BCUT2D eigenvalue weighted by atomic mass is 9.53. The van der Waals surface area contributed by atoms with E-state index in [1.165, 1.54) is 0 Å². The molecule has 2 unspecified atom stereocenters. The highest BCUT2D eigenvalue weighted by Crippen LogP contribution is 2.56. The molecule has 6 heteroatoms. The first-order chi connectivity index (χ1) is 8.29. The molecular formula is C12H13F2IO3. The number of alkyl halides is 3. The number of ether oxygens (including phenoxy) is 1. The minimum atomic E-state index is -3.48. The molecule has 4 aliphatic rings. The molecule has 100 valence electrons. The van der Waals surface area contributed by atoms with Gasteiger partial charge in [-0.25, -0.2) is 4.79 Å². The largest absolute Gasteiger partial charge is 0.454 e. The average molecular weight is 370 g/mol. The fourth-order valence-electron chi connectivity index (χ4n) is 4.05. The Hall–Kier alpha value is -0.270. The summed E-state index contributed by atoms with van der Waals surface area (Å²) in [5.74, 6) is -1.01. The Kier molecular flexibility index (Phi) is 2.74. The first-order valence-corrected chi connectivity index (χ1v) is 7.21. The van der Waals surface area contributed by atoms with Gasteiger partial charge >= 0.3 is 9.90 Å². The van der Waals surface area contributed by atoms with Gasteiger partial charge in [-0.3, -0.25) is 4.79 Å². The molecule has 4 saturated carbocycles. The Morgan fingerprint density at radius 3 is 2.33 bits per heavy atom. The summed E-state index contributed by atoms with van der Waals surface area (Å²) in [5.41, 5.74) is -0.796. The molecule has 0 aromatic rings. The van der Waals surface area contributed by atoms with E-state index in [0.29, 0.717) is 25.2 Å². The van der Waals surface area contributed by atoms with Crippen LogP contribution in [0.25, 0.3) is 0 Å². The van der Waals surface area contributed by atoms with Gasteiger partial charge in [0, 0.05) is 34.4 Å². The second-order valence-corrected chi connectivity index (χ2v) is 7.17. The van der Waals surface area contributed by atoms with Crippen LogP contribution in [-0.2, 0) is 14.3 Å². The van der Waals surface area contributed by atoms with Crippen molar-refractivity contribution in [1.29, 1.82) is 0 Å². The summed E-state index contributed by atoms with van der Waals surface area (Å²) < 4.78 is 27.5. The van der Waals surface area contributed by atoms with Crippen molar-refractivity contribution in [2.45, 2.75) is 41.6 Å². The van der Waals surface area contributed by atoms with Crippen molar-refractivity contribution in [1.82, 2.24) is 0 Å². The number of carbonyl (C=O) groups is 2. The van der Waals surface area contributed by atoms with E-state index in [1.54, 1.807) is 0 Å². The van der Waals surface area contributed by atoms with Crippen LogP contribution in [0, 0.1) is 17.8 Å². The third-order valence-electron chi connectivity index (χ3n) is 4.48. The van der Waals surface area contributed by atoms with Crippen molar-refractivity contribution < 1.29 is 23.1 Å². The maximum absolute atomic E-state index is 12.9. The zero-order valence-electron chi connectivity index (χ0n) is 9.63. The summed E-state index contributed by atoms with van der Waals surface area (Å²) in [6.07, 6.45) is 3.21. The lowest BCUT2D eigenvalue weighted by molar-refractivity contribution is -0.199. The van der Waals surface area contributed by atoms with Crippen molar-refractivity contribution in [2.24, 2.45) is 17.8 Å². The summed E-state index contributed by atoms with van der Waals surface area (Å²) in [6, 6.07) is 0. The fraction of sp³-hybridized carbons (Fsp3) is 0.833. The highest BCUT2D eigenvalue weighted by atomic mass is 127.